The number of hydrogen-bond donors (Lipinski definition) is 1. The summed E-state index contributed by atoms with van der Waals surface area (Å²) in [6.07, 6.45) is 0. The van der Waals surface area contributed by atoms with Gasteiger partial charge >= 0.3 is 0 Å². The van der Waals surface area contributed by atoms with Gasteiger partial charge < -0.3 is 10.3 Å². The Kier molecular flexibility index (Phi) is 4.11. The molecule has 0 spiro atoms. The topological polar surface area (TPSA) is 43.1 Å². The lowest BCUT2D eigenvalue weighted by molar-refractivity contribution is 0.592. The maximum absolute atomic E-state index is 14.4. The van der Waals surface area contributed by atoms with Gasteiger partial charge in [-0.1, -0.05) is 66.7 Å². The summed E-state index contributed by atoms with van der Waals surface area (Å²) in [4.78, 5) is 0. The Labute approximate surface area is 137 Å². The largest absolute Gasteiger partial charge is 0.398 e. The molecule has 0 aromatic heterocycles. The highest BCUT2D eigenvalue weighted by molar-refractivity contribution is 7.85. The van der Waals surface area contributed by atoms with Crippen molar-refractivity contribution in [3.8, 4) is 0 Å². The van der Waals surface area contributed by atoms with Gasteiger partial charge in [0.1, 0.15) is 0 Å². The van der Waals surface area contributed by atoms with Crippen LogP contribution in [-0.2, 0) is 4.57 Å². The highest BCUT2D eigenvalue weighted by atomic mass is 31.2. The summed E-state index contributed by atoms with van der Waals surface area (Å²) in [5.41, 5.74) is 8.68. The van der Waals surface area contributed by atoms with Crippen LogP contribution in [-0.4, -0.2) is 0 Å². The summed E-state index contributed by atoms with van der Waals surface area (Å²) < 4.78 is 14.4. The van der Waals surface area contributed by atoms with Crippen molar-refractivity contribution in [3.05, 3.63) is 83.9 Å². The van der Waals surface area contributed by atoms with Crippen molar-refractivity contribution in [3.63, 3.8) is 0 Å². The first-order valence-electron chi connectivity index (χ1n) is 7.62. The monoisotopic (exact) mass is 321 g/mol. The number of anilines is 1. The van der Waals surface area contributed by atoms with Crippen LogP contribution in [0.3, 0.4) is 0 Å². The molecule has 0 bridgehead atoms. The predicted molar refractivity (Wildman–Crippen MR) is 99.7 cm³/mol. The van der Waals surface area contributed by atoms with Crippen LogP contribution in [0.5, 0.6) is 0 Å². The minimum Gasteiger partial charge on any atom is -0.398 e. The van der Waals surface area contributed by atoms with Crippen LogP contribution in [0.2, 0.25) is 0 Å². The van der Waals surface area contributed by atoms with Gasteiger partial charge in [0.15, 0.2) is 7.14 Å². The van der Waals surface area contributed by atoms with Gasteiger partial charge in [-0.15, -0.1) is 0 Å². The second-order valence-corrected chi connectivity index (χ2v) is 8.42. The van der Waals surface area contributed by atoms with Gasteiger partial charge in [0.25, 0.3) is 0 Å². The number of nitrogens with two attached hydrogens (primary N) is 1. The van der Waals surface area contributed by atoms with Gasteiger partial charge in [-0.2, -0.15) is 0 Å². The standard InChI is InChI=1S/C20H20NOP/c1-15-9-6-7-13-19(15)23(22,17-10-4-3-5-11-17)20-14-8-12-18(21)16(20)2/h3-14H,21H2,1-2H3. The molecule has 3 aromatic carbocycles. The van der Waals surface area contributed by atoms with Crippen molar-refractivity contribution in [2.24, 2.45) is 0 Å². The Bertz CT molecular complexity index is 887. The molecule has 2 N–H and O–H groups in total. The van der Waals surface area contributed by atoms with Crippen molar-refractivity contribution in [2.75, 3.05) is 5.73 Å². The van der Waals surface area contributed by atoms with E-state index in [-0.39, 0.29) is 0 Å². The average molecular weight is 321 g/mol. The van der Waals surface area contributed by atoms with E-state index in [4.69, 9.17) is 5.73 Å². The molecule has 0 fully saturated rings. The zero-order valence-corrected chi connectivity index (χ0v) is 14.3. The summed E-state index contributed by atoms with van der Waals surface area (Å²) in [6.45, 7) is 3.95. The zero-order chi connectivity index (χ0) is 16.4. The third-order valence-corrected chi connectivity index (χ3v) is 7.63. The fourth-order valence-electron chi connectivity index (χ4n) is 2.94. The molecule has 3 rings (SSSR count). The second kappa shape index (κ2) is 6.06. The van der Waals surface area contributed by atoms with E-state index in [1.165, 1.54) is 0 Å². The SMILES string of the molecule is Cc1ccccc1P(=O)(c1ccccc1)c1cccc(N)c1C. The van der Waals surface area contributed by atoms with E-state index in [1.54, 1.807) is 0 Å². The normalized spacial score (nSPS) is 13.5. The molecule has 0 heterocycles. The van der Waals surface area contributed by atoms with Gasteiger partial charge in [-0.3, -0.25) is 0 Å². The van der Waals surface area contributed by atoms with Crippen LogP contribution in [0.4, 0.5) is 5.69 Å². The number of rotatable bonds is 3. The molecule has 0 aliphatic carbocycles. The summed E-state index contributed by atoms with van der Waals surface area (Å²) >= 11 is 0. The fraction of sp³-hybridized carbons (Fsp3) is 0.100. The second-order valence-electron chi connectivity index (χ2n) is 5.72. The van der Waals surface area contributed by atoms with E-state index < -0.39 is 7.14 Å². The molecule has 0 aliphatic rings. The number of benzene rings is 3. The van der Waals surface area contributed by atoms with E-state index in [0.29, 0.717) is 5.69 Å². The Morgan fingerprint density at radius 1 is 0.739 bits per heavy atom. The van der Waals surface area contributed by atoms with E-state index in [1.807, 2.05) is 86.6 Å². The van der Waals surface area contributed by atoms with E-state index in [0.717, 1.165) is 27.0 Å². The van der Waals surface area contributed by atoms with Crippen molar-refractivity contribution >= 4 is 28.7 Å². The first-order chi connectivity index (χ1) is 11.0. The molecule has 0 aliphatic heterocycles. The van der Waals surface area contributed by atoms with Crippen LogP contribution < -0.4 is 21.6 Å². The highest BCUT2D eigenvalue weighted by Crippen LogP contribution is 2.44. The molecule has 0 radical (unpaired) electrons. The molecule has 2 nitrogen and oxygen atoms in total. The van der Waals surface area contributed by atoms with Crippen LogP contribution in [0.25, 0.3) is 0 Å². The van der Waals surface area contributed by atoms with Crippen molar-refractivity contribution in [1.29, 1.82) is 0 Å². The quantitative estimate of drug-likeness (QED) is 0.592. The molecule has 116 valence electrons. The maximum Gasteiger partial charge on any atom is 0.171 e. The van der Waals surface area contributed by atoms with E-state index in [9.17, 15) is 4.57 Å². The van der Waals surface area contributed by atoms with Crippen molar-refractivity contribution in [1.82, 2.24) is 0 Å². The number of hydrogen-bond acceptors (Lipinski definition) is 2. The Hall–Kier alpha value is -2.31. The van der Waals surface area contributed by atoms with Gasteiger partial charge in [-0.25, -0.2) is 0 Å². The molecule has 23 heavy (non-hydrogen) atoms. The summed E-state index contributed by atoms with van der Waals surface area (Å²) in [5.74, 6) is 0. The molecular weight excluding hydrogens is 301 g/mol. The Morgan fingerprint density at radius 2 is 1.35 bits per heavy atom. The van der Waals surface area contributed by atoms with Crippen molar-refractivity contribution in [2.45, 2.75) is 13.8 Å². The molecule has 0 amide bonds. The average Bonchev–Trinajstić information content (AvgIpc) is 2.58. The van der Waals surface area contributed by atoms with Crippen LogP contribution in [0.15, 0.2) is 72.8 Å². The fourth-order valence-corrected chi connectivity index (χ4v) is 6.12. The molecule has 0 saturated carbocycles. The molecule has 3 aromatic rings. The molecule has 1 unspecified atom stereocenters. The number of aryl methyl sites for hydroxylation is 1. The Balaban J connectivity index is 2.39. The minimum absolute atomic E-state index is 0.673. The molecular formula is C20H20NOP. The van der Waals surface area contributed by atoms with Gasteiger partial charge in [0.2, 0.25) is 0 Å². The van der Waals surface area contributed by atoms with Crippen LogP contribution in [0, 0.1) is 13.8 Å². The van der Waals surface area contributed by atoms with E-state index >= 15 is 0 Å². The lowest BCUT2D eigenvalue weighted by Gasteiger charge is -2.24. The predicted octanol–water partition coefficient (Wildman–Crippen LogP) is 3.53. The molecule has 0 saturated heterocycles. The van der Waals surface area contributed by atoms with Gasteiger partial charge in [0.05, 0.1) is 0 Å². The van der Waals surface area contributed by atoms with E-state index in [2.05, 4.69) is 0 Å². The van der Waals surface area contributed by atoms with Gasteiger partial charge in [-0.05, 0) is 31.0 Å². The Morgan fingerprint density at radius 3 is 2.04 bits per heavy atom. The van der Waals surface area contributed by atoms with Gasteiger partial charge in [0, 0.05) is 21.6 Å². The first-order valence-corrected chi connectivity index (χ1v) is 9.33. The lowest BCUT2D eigenvalue weighted by Crippen LogP contribution is -2.28. The molecule has 1 atom stereocenters. The third kappa shape index (κ3) is 2.60. The highest BCUT2D eigenvalue weighted by Gasteiger charge is 2.32. The zero-order valence-electron chi connectivity index (χ0n) is 13.4. The third-order valence-electron chi connectivity index (χ3n) is 4.26. The lowest BCUT2D eigenvalue weighted by atomic mass is 10.2. The molecule has 3 heteroatoms. The number of nitrogen functional groups attached to an aromatic ring is 1. The summed E-state index contributed by atoms with van der Waals surface area (Å²) in [7, 11) is -2.96. The smallest absolute Gasteiger partial charge is 0.171 e. The summed E-state index contributed by atoms with van der Waals surface area (Å²) in [6, 6.07) is 23.2. The maximum atomic E-state index is 14.4. The minimum atomic E-state index is -2.96. The first kappa shape index (κ1) is 15.6. The van der Waals surface area contributed by atoms with Crippen LogP contribution >= 0.6 is 7.14 Å². The summed E-state index contributed by atoms with van der Waals surface area (Å²) in [5, 5.41) is 2.53. The van der Waals surface area contributed by atoms with Crippen LogP contribution in [0.1, 0.15) is 11.1 Å². The van der Waals surface area contributed by atoms with Crippen molar-refractivity contribution < 1.29 is 4.57 Å².